The number of hydrogen-bond acceptors (Lipinski definition) is 2. The molecule has 0 saturated carbocycles. The Hall–Kier alpha value is 0.691. The number of esters is 1. The molecule has 0 unspecified atom stereocenters. The second kappa shape index (κ2) is 10.6. The number of carbonyl (C=O) groups excluding carboxylic acids is 1. The summed E-state index contributed by atoms with van der Waals surface area (Å²) in [7, 11) is 0. The molecule has 0 rings (SSSR count). The van der Waals surface area contributed by atoms with Gasteiger partial charge in [0.2, 0.25) is 0 Å². The van der Waals surface area contributed by atoms with Crippen molar-refractivity contribution in [2.75, 3.05) is 0 Å². The van der Waals surface area contributed by atoms with E-state index in [2.05, 4.69) is 11.3 Å². The molecule has 0 aromatic carbocycles. The maximum Gasteiger partial charge on any atom is 0.307 e. The zero-order valence-corrected chi connectivity index (χ0v) is 10.9. The first-order chi connectivity index (χ1) is 2.77. The molecule has 2 radical (unpaired) electrons. The van der Waals surface area contributed by atoms with Gasteiger partial charge in [0, 0.05) is 51.7 Å². The summed E-state index contributed by atoms with van der Waals surface area (Å²) in [6.07, 6.45) is 1.10. The molecule has 44 valence electrons. The minimum absolute atomic E-state index is 0. The van der Waals surface area contributed by atoms with E-state index < -0.39 is 0 Å². The van der Waals surface area contributed by atoms with Crippen LogP contribution >= 0.6 is 0 Å². The maximum absolute atomic E-state index is 9.75. The van der Waals surface area contributed by atoms with Crippen LogP contribution in [0.3, 0.4) is 0 Å². The van der Waals surface area contributed by atoms with Gasteiger partial charge in [-0.1, -0.05) is 6.58 Å². The van der Waals surface area contributed by atoms with Gasteiger partial charge in [-0.25, -0.2) is 0 Å². The zero-order valence-electron chi connectivity index (χ0n) is 4.50. The van der Waals surface area contributed by atoms with E-state index in [-0.39, 0.29) is 50.7 Å². The summed E-state index contributed by atoms with van der Waals surface area (Å²) in [6, 6.07) is 0. The second-order valence-electron chi connectivity index (χ2n) is 0.776. The fourth-order valence-electron chi connectivity index (χ4n) is 0.117. The third kappa shape index (κ3) is 15.9. The molecule has 4 heteroatoms. The van der Waals surface area contributed by atoms with Gasteiger partial charge < -0.3 is 4.74 Å². The summed E-state index contributed by atoms with van der Waals surface area (Å²) >= 11 is 0. The average molecular weight is 448 g/mol. The topological polar surface area (TPSA) is 26.3 Å². The predicted octanol–water partition coefficient (Wildman–Crippen LogP) is 0.688. The van der Waals surface area contributed by atoms with Gasteiger partial charge >= 0.3 is 5.97 Å². The first-order valence-electron chi connectivity index (χ1n) is 1.55. The van der Waals surface area contributed by atoms with Crippen molar-refractivity contribution in [1.82, 2.24) is 0 Å². The number of ether oxygens (including phenoxy) is 1. The van der Waals surface area contributed by atoms with Crippen LogP contribution < -0.4 is 0 Å². The molecule has 0 aliphatic rings. The molecule has 0 spiro atoms. The minimum Gasteiger partial charge on any atom is -0.435 e. The van der Waals surface area contributed by atoms with Gasteiger partial charge in [0.15, 0.2) is 0 Å². The molecule has 0 heterocycles. The van der Waals surface area contributed by atoms with Crippen LogP contribution in [0.15, 0.2) is 12.8 Å². The molecule has 0 aliphatic carbocycles. The van der Waals surface area contributed by atoms with Gasteiger partial charge in [-0.2, -0.15) is 0 Å². The molecule has 0 amide bonds. The fourth-order valence-corrected chi connectivity index (χ4v) is 0.117. The summed E-state index contributed by atoms with van der Waals surface area (Å²) in [4.78, 5) is 9.75. The van der Waals surface area contributed by atoms with Crippen LogP contribution in [0.5, 0.6) is 0 Å². The molecule has 0 aliphatic heterocycles. The molecule has 8 heavy (non-hydrogen) atoms. The van der Waals surface area contributed by atoms with Crippen LogP contribution in [0.25, 0.3) is 0 Å². The number of rotatable bonds is 1. The van der Waals surface area contributed by atoms with E-state index in [0.717, 1.165) is 6.26 Å². The Morgan fingerprint density at radius 3 is 2.00 bits per heavy atom. The van der Waals surface area contributed by atoms with Gasteiger partial charge in [0.1, 0.15) is 0 Å². The van der Waals surface area contributed by atoms with Crippen molar-refractivity contribution in [3.05, 3.63) is 12.8 Å². The summed E-state index contributed by atoms with van der Waals surface area (Å²) < 4.78 is 4.17. The zero-order chi connectivity index (χ0) is 4.99. The molecule has 0 aromatic heterocycles. The normalized spacial score (nSPS) is 5.12. The molecule has 0 saturated heterocycles. The molecule has 2 nitrogen and oxygen atoms in total. The Bertz CT molecular complexity index is 72.4. The molecule has 0 bridgehead atoms. The van der Waals surface area contributed by atoms with Crippen LogP contribution in [0.4, 0.5) is 0 Å². The minimum atomic E-state index is -0.329. The molecule has 0 N–H and O–H groups in total. The monoisotopic (exact) mass is 448 g/mol. The van der Waals surface area contributed by atoms with Crippen molar-refractivity contribution in [2.45, 2.75) is 6.92 Å². The van der Waals surface area contributed by atoms with E-state index in [1.165, 1.54) is 6.92 Å². The Morgan fingerprint density at radius 2 is 2.00 bits per heavy atom. The molecule has 0 atom stereocenters. The standard InChI is InChI=1S/C4H6O2.2Ta/c1-3-6-4(2)5;;/h3H,1H2,2H3;;. The molecular formula is C4H6O2Ta2. The van der Waals surface area contributed by atoms with E-state index in [1.807, 2.05) is 0 Å². The second-order valence-corrected chi connectivity index (χ2v) is 0.776. The summed E-state index contributed by atoms with van der Waals surface area (Å²) in [5.74, 6) is -0.329. The molecular weight excluding hydrogens is 442 g/mol. The van der Waals surface area contributed by atoms with Gasteiger partial charge in [0.25, 0.3) is 0 Å². The van der Waals surface area contributed by atoms with Crippen LogP contribution in [0, 0.1) is 0 Å². The Morgan fingerprint density at radius 1 is 1.62 bits per heavy atom. The van der Waals surface area contributed by atoms with Crippen molar-refractivity contribution in [1.29, 1.82) is 0 Å². The van der Waals surface area contributed by atoms with E-state index in [9.17, 15) is 4.79 Å². The number of hydrogen-bond donors (Lipinski definition) is 0. The van der Waals surface area contributed by atoms with Gasteiger partial charge in [0.05, 0.1) is 6.26 Å². The van der Waals surface area contributed by atoms with Crippen molar-refractivity contribution < 1.29 is 54.3 Å². The SMILES string of the molecule is C=COC(C)=O.[Ta].[Ta]. The van der Waals surface area contributed by atoms with Crippen LogP contribution in [-0.2, 0) is 54.3 Å². The smallest absolute Gasteiger partial charge is 0.307 e. The van der Waals surface area contributed by atoms with Gasteiger partial charge in [-0.3, -0.25) is 4.79 Å². The number of carbonyl (C=O) groups is 1. The average Bonchev–Trinajstić information content (AvgIpc) is 1.35. The third-order valence-corrected chi connectivity index (χ3v) is 0.249. The summed E-state index contributed by atoms with van der Waals surface area (Å²) in [5.41, 5.74) is 0. The van der Waals surface area contributed by atoms with Gasteiger partial charge in [-0.15, -0.1) is 0 Å². The van der Waals surface area contributed by atoms with Crippen LogP contribution in [-0.4, -0.2) is 5.97 Å². The molecule has 0 fully saturated rings. The van der Waals surface area contributed by atoms with Crippen molar-refractivity contribution in [3.63, 3.8) is 0 Å². The largest absolute Gasteiger partial charge is 0.435 e. The fraction of sp³-hybridized carbons (Fsp3) is 0.250. The maximum atomic E-state index is 9.75. The first-order valence-corrected chi connectivity index (χ1v) is 1.55. The predicted molar refractivity (Wildman–Crippen MR) is 22.0 cm³/mol. The summed E-state index contributed by atoms with van der Waals surface area (Å²) in [6.45, 7) is 4.48. The van der Waals surface area contributed by atoms with Crippen molar-refractivity contribution >= 4 is 5.97 Å². The summed E-state index contributed by atoms with van der Waals surface area (Å²) in [5, 5.41) is 0. The Labute approximate surface area is 79.7 Å². The van der Waals surface area contributed by atoms with Crippen LogP contribution in [0.1, 0.15) is 6.92 Å². The van der Waals surface area contributed by atoms with E-state index in [0.29, 0.717) is 0 Å². The van der Waals surface area contributed by atoms with Crippen LogP contribution in [0.2, 0.25) is 0 Å². The first kappa shape index (κ1) is 15.9. The third-order valence-electron chi connectivity index (χ3n) is 0.249. The quantitative estimate of drug-likeness (QED) is 0.436. The molecule has 0 aromatic rings. The van der Waals surface area contributed by atoms with Crippen molar-refractivity contribution in [3.8, 4) is 0 Å². The van der Waals surface area contributed by atoms with E-state index >= 15 is 0 Å². The Kier molecular flexibility index (Phi) is 21.1. The Balaban J connectivity index is -0.000000125. The van der Waals surface area contributed by atoms with E-state index in [4.69, 9.17) is 0 Å². The van der Waals surface area contributed by atoms with Crippen molar-refractivity contribution in [2.24, 2.45) is 0 Å². The van der Waals surface area contributed by atoms with Gasteiger partial charge in [-0.05, 0) is 0 Å². The van der Waals surface area contributed by atoms with E-state index in [1.54, 1.807) is 0 Å².